The molecule has 0 radical (unpaired) electrons. The maximum Gasteiger partial charge on any atom is 0.116 e. The number of rotatable bonds is 4. The summed E-state index contributed by atoms with van der Waals surface area (Å²) in [5.74, 6) is 0.562. The quantitative estimate of drug-likeness (QED) is 0.750. The SMILES string of the molecule is CC(C)c1ccc(-c2cc(CN3CC[Si](C)(C)CC3)ncn2)cc1. The molecule has 0 unspecified atom stereocenters. The number of hydrogen-bond donors (Lipinski definition) is 0. The maximum absolute atomic E-state index is 4.50. The van der Waals surface area contributed by atoms with E-state index in [9.17, 15) is 0 Å². The van der Waals surface area contributed by atoms with Crippen LogP contribution in [0.3, 0.4) is 0 Å². The zero-order valence-electron chi connectivity index (χ0n) is 15.4. The van der Waals surface area contributed by atoms with E-state index in [0.717, 1.165) is 17.9 Å². The van der Waals surface area contributed by atoms with Crippen LogP contribution in [0.15, 0.2) is 36.7 Å². The third kappa shape index (κ3) is 4.31. The van der Waals surface area contributed by atoms with Crippen molar-refractivity contribution in [1.82, 2.24) is 14.9 Å². The Morgan fingerprint density at radius 1 is 1.04 bits per heavy atom. The van der Waals surface area contributed by atoms with Crippen LogP contribution in [0, 0.1) is 0 Å². The van der Waals surface area contributed by atoms with E-state index in [1.807, 2.05) is 0 Å². The lowest BCUT2D eigenvalue weighted by Gasteiger charge is -2.35. The number of nitrogens with zero attached hydrogens (tertiary/aromatic N) is 3. The minimum Gasteiger partial charge on any atom is -0.298 e. The first kappa shape index (κ1) is 17.3. The number of benzene rings is 1. The molecule has 128 valence electrons. The summed E-state index contributed by atoms with van der Waals surface area (Å²) in [7, 11) is -0.902. The van der Waals surface area contributed by atoms with Crippen LogP contribution in [0.5, 0.6) is 0 Å². The van der Waals surface area contributed by atoms with Crippen molar-refractivity contribution >= 4 is 8.07 Å². The van der Waals surface area contributed by atoms with Crippen LogP contribution in [-0.4, -0.2) is 36.0 Å². The molecule has 0 spiro atoms. The van der Waals surface area contributed by atoms with Crippen molar-refractivity contribution in [3.8, 4) is 11.3 Å². The molecule has 0 atom stereocenters. The summed E-state index contributed by atoms with van der Waals surface area (Å²) >= 11 is 0. The second-order valence-corrected chi connectivity index (χ2v) is 13.4. The minimum absolute atomic E-state index is 0.562. The molecule has 4 heteroatoms. The molecule has 2 heterocycles. The van der Waals surface area contributed by atoms with E-state index < -0.39 is 8.07 Å². The van der Waals surface area contributed by atoms with E-state index in [-0.39, 0.29) is 0 Å². The van der Waals surface area contributed by atoms with Crippen molar-refractivity contribution < 1.29 is 0 Å². The largest absolute Gasteiger partial charge is 0.298 e. The Morgan fingerprint density at radius 3 is 2.33 bits per heavy atom. The predicted octanol–water partition coefficient (Wildman–Crippen LogP) is 4.79. The lowest BCUT2D eigenvalue weighted by Crippen LogP contribution is -2.42. The fraction of sp³-hybridized carbons (Fsp3) is 0.500. The van der Waals surface area contributed by atoms with Gasteiger partial charge in [-0.15, -0.1) is 0 Å². The highest BCUT2D eigenvalue weighted by atomic mass is 28.3. The Kier molecular flexibility index (Phi) is 5.16. The first-order valence-corrected chi connectivity index (χ1v) is 12.5. The first-order chi connectivity index (χ1) is 11.4. The fourth-order valence-electron chi connectivity index (χ4n) is 3.23. The zero-order chi connectivity index (χ0) is 17.2. The van der Waals surface area contributed by atoms with Gasteiger partial charge in [-0.25, -0.2) is 9.97 Å². The Morgan fingerprint density at radius 2 is 1.71 bits per heavy atom. The molecule has 1 aromatic heterocycles. The molecule has 24 heavy (non-hydrogen) atoms. The van der Waals surface area contributed by atoms with Crippen molar-refractivity contribution in [2.24, 2.45) is 0 Å². The first-order valence-electron chi connectivity index (χ1n) is 9.07. The van der Waals surface area contributed by atoms with Crippen LogP contribution in [-0.2, 0) is 6.54 Å². The third-order valence-corrected chi connectivity index (χ3v) is 8.35. The average Bonchev–Trinajstić information content (AvgIpc) is 2.57. The highest BCUT2D eigenvalue weighted by molar-refractivity contribution is 6.77. The topological polar surface area (TPSA) is 29.0 Å². The summed E-state index contributed by atoms with van der Waals surface area (Å²) in [4.78, 5) is 11.5. The van der Waals surface area contributed by atoms with Crippen molar-refractivity contribution in [2.45, 2.75) is 51.5 Å². The van der Waals surface area contributed by atoms with E-state index in [2.05, 4.69) is 72.1 Å². The van der Waals surface area contributed by atoms with Crippen molar-refractivity contribution in [3.63, 3.8) is 0 Å². The van der Waals surface area contributed by atoms with E-state index in [1.165, 1.54) is 36.3 Å². The van der Waals surface area contributed by atoms with Crippen LogP contribution in [0.1, 0.15) is 31.0 Å². The highest BCUT2D eigenvalue weighted by Crippen LogP contribution is 2.24. The number of aromatic nitrogens is 2. The minimum atomic E-state index is -0.902. The molecule has 0 saturated carbocycles. The molecule has 1 aromatic carbocycles. The smallest absolute Gasteiger partial charge is 0.116 e. The van der Waals surface area contributed by atoms with Crippen LogP contribution >= 0.6 is 0 Å². The van der Waals surface area contributed by atoms with E-state index in [1.54, 1.807) is 6.33 Å². The highest BCUT2D eigenvalue weighted by Gasteiger charge is 2.27. The van der Waals surface area contributed by atoms with Gasteiger partial charge in [-0.2, -0.15) is 0 Å². The summed E-state index contributed by atoms with van der Waals surface area (Å²) in [5.41, 5.74) is 4.71. The lowest BCUT2D eigenvalue weighted by molar-refractivity contribution is 0.278. The third-order valence-electron chi connectivity index (χ3n) is 5.19. The summed E-state index contributed by atoms with van der Waals surface area (Å²) < 4.78 is 0. The predicted molar refractivity (Wildman–Crippen MR) is 104 cm³/mol. The van der Waals surface area contributed by atoms with E-state index in [0.29, 0.717) is 5.92 Å². The molecule has 0 bridgehead atoms. The van der Waals surface area contributed by atoms with Crippen molar-refractivity contribution in [2.75, 3.05) is 13.1 Å². The monoisotopic (exact) mass is 339 g/mol. The molecule has 0 aliphatic carbocycles. The lowest BCUT2D eigenvalue weighted by atomic mass is 10.0. The van der Waals surface area contributed by atoms with Gasteiger partial charge < -0.3 is 0 Å². The van der Waals surface area contributed by atoms with Gasteiger partial charge in [0.15, 0.2) is 0 Å². The van der Waals surface area contributed by atoms with Gasteiger partial charge in [-0.1, -0.05) is 51.2 Å². The Hall–Kier alpha value is -1.52. The van der Waals surface area contributed by atoms with Gasteiger partial charge in [0.2, 0.25) is 0 Å². The molecule has 1 aliphatic rings. The van der Waals surface area contributed by atoms with Crippen molar-refractivity contribution in [3.05, 3.63) is 47.9 Å². The molecule has 1 fully saturated rings. The Bertz CT molecular complexity index is 670. The van der Waals surface area contributed by atoms with Crippen molar-refractivity contribution in [1.29, 1.82) is 0 Å². The Labute approximate surface area is 147 Å². The Balaban J connectivity index is 1.70. The molecule has 1 aliphatic heterocycles. The molecule has 0 amide bonds. The number of hydrogen-bond acceptors (Lipinski definition) is 3. The van der Waals surface area contributed by atoms with Crippen LogP contribution in [0.2, 0.25) is 25.2 Å². The van der Waals surface area contributed by atoms with E-state index in [4.69, 9.17) is 0 Å². The van der Waals surface area contributed by atoms with Crippen LogP contribution < -0.4 is 0 Å². The second-order valence-electron chi connectivity index (χ2n) is 8.11. The second kappa shape index (κ2) is 7.15. The van der Waals surface area contributed by atoms with Gasteiger partial charge in [0, 0.05) is 20.2 Å². The summed E-state index contributed by atoms with van der Waals surface area (Å²) in [5, 5.41) is 0. The van der Waals surface area contributed by atoms with Gasteiger partial charge in [0.25, 0.3) is 0 Å². The van der Waals surface area contributed by atoms with Gasteiger partial charge in [-0.05, 0) is 42.7 Å². The van der Waals surface area contributed by atoms with Gasteiger partial charge >= 0.3 is 0 Å². The molecule has 3 rings (SSSR count). The fourth-order valence-corrected chi connectivity index (χ4v) is 5.32. The summed E-state index contributed by atoms with van der Waals surface area (Å²) in [6, 6.07) is 13.7. The molecule has 2 aromatic rings. The average molecular weight is 340 g/mol. The molecular weight excluding hydrogens is 310 g/mol. The maximum atomic E-state index is 4.50. The van der Waals surface area contributed by atoms with Crippen LogP contribution in [0.4, 0.5) is 0 Å². The summed E-state index contributed by atoms with van der Waals surface area (Å²) in [6.07, 6.45) is 1.71. The standard InChI is InChI=1S/C20H29N3Si/c1-16(2)17-5-7-18(8-6-17)20-13-19(21-15-22-20)14-23-9-11-24(3,4)12-10-23/h5-8,13,15-16H,9-12,14H2,1-4H3. The van der Waals surface area contributed by atoms with Gasteiger partial charge in [0.1, 0.15) is 6.33 Å². The van der Waals surface area contributed by atoms with Crippen LogP contribution in [0.25, 0.3) is 11.3 Å². The van der Waals surface area contributed by atoms with Gasteiger partial charge in [0.05, 0.1) is 11.4 Å². The summed E-state index contributed by atoms with van der Waals surface area (Å²) in [6.45, 7) is 12.9. The normalized spacial score (nSPS) is 18.0. The zero-order valence-corrected chi connectivity index (χ0v) is 16.4. The molecule has 3 nitrogen and oxygen atoms in total. The van der Waals surface area contributed by atoms with E-state index >= 15 is 0 Å². The molecule has 0 N–H and O–H groups in total. The molecular formula is C20H29N3Si. The molecule has 1 saturated heterocycles. The van der Waals surface area contributed by atoms with Gasteiger partial charge in [-0.3, -0.25) is 4.90 Å².